The van der Waals surface area contributed by atoms with Crippen molar-refractivity contribution in [2.24, 2.45) is 0 Å². The monoisotopic (exact) mass is 610 g/mol. The van der Waals surface area contributed by atoms with Gasteiger partial charge in [0.25, 0.3) is 0 Å². The maximum absolute atomic E-state index is 5.17. The van der Waals surface area contributed by atoms with Gasteiger partial charge in [0.2, 0.25) is 0 Å². The maximum atomic E-state index is 5.17. The molecule has 2 aliphatic rings. The number of fused-ring (bicyclic) bond motifs is 7. The van der Waals surface area contributed by atoms with E-state index in [1.807, 2.05) is 24.3 Å². The van der Waals surface area contributed by atoms with E-state index in [9.17, 15) is 0 Å². The fourth-order valence-electron chi connectivity index (χ4n) is 7.69. The average Bonchev–Trinajstić information content (AvgIpc) is 3.72. The van der Waals surface area contributed by atoms with Crippen molar-refractivity contribution < 1.29 is 0 Å². The molecule has 0 spiro atoms. The van der Waals surface area contributed by atoms with Crippen LogP contribution in [0.5, 0.6) is 0 Å². The second-order valence-corrected chi connectivity index (χ2v) is 13.0. The molecule has 0 atom stereocenters. The van der Waals surface area contributed by atoms with Crippen LogP contribution in [-0.4, -0.2) is 9.97 Å². The zero-order chi connectivity index (χ0) is 31.6. The van der Waals surface area contributed by atoms with E-state index >= 15 is 0 Å². The lowest BCUT2D eigenvalue weighted by atomic mass is 9.96. The molecule has 48 heavy (non-hydrogen) atoms. The number of hydrogen-bond donors (Lipinski definition) is 0. The topological polar surface area (TPSA) is 25.8 Å². The Morgan fingerprint density at radius 2 is 0.646 bits per heavy atom. The standard InChI is InChI=1S/C46H30N2/c1-3-9-39-35(7-1)27-37-25-33(21-23-41(37)39)29-13-17-31(18-14-29)45-46(48-44-12-6-5-11-43(44)47-45)32-19-15-30(16-20-32)34-22-24-42-38(26-34)28-36-8-2-4-10-40(36)42/h1-26H,27-28H2. The first kappa shape index (κ1) is 27.0. The van der Waals surface area contributed by atoms with E-state index in [0.717, 1.165) is 46.4 Å². The molecule has 0 unspecified atom stereocenters. The van der Waals surface area contributed by atoms with Gasteiger partial charge in [0.1, 0.15) is 0 Å². The van der Waals surface area contributed by atoms with Crippen LogP contribution >= 0.6 is 0 Å². The van der Waals surface area contributed by atoms with Crippen molar-refractivity contribution in [1.82, 2.24) is 9.97 Å². The summed E-state index contributed by atoms with van der Waals surface area (Å²) in [5.41, 5.74) is 21.6. The highest BCUT2D eigenvalue weighted by atomic mass is 14.8. The molecule has 1 heterocycles. The van der Waals surface area contributed by atoms with Crippen LogP contribution in [0.15, 0.2) is 158 Å². The summed E-state index contributed by atoms with van der Waals surface area (Å²) in [6.45, 7) is 0. The molecule has 0 N–H and O–H groups in total. The number of hydrogen-bond acceptors (Lipinski definition) is 2. The fourth-order valence-corrected chi connectivity index (χ4v) is 7.69. The number of benzene rings is 7. The predicted octanol–water partition coefficient (Wildman–Crippen LogP) is 11.4. The Morgan fingerprint density at radius 3 is 1.10 bits per heavy atom. The third-order valence-electron chi connectivity index (χ3n) is 10.1. The van der Waals surface area contributed by atoms with Gasteiger partial charge in [0.15, 0.2) is 0 Å². The molecule has 0 saturated carbocycles. The molecule has 0 aliphatic heterocycles. The predicted molar refractivity (Wildman–Crippen MR) is 198 cm³/mol. The number of aromatic nitrogens is 2. The van der Waals surface area contributed by atoms with Crippen molar-refractivity contribution in [3.8, 4) is 67.0 Å². The highest BCUT2D eigenvalue weighted by Gasteiger charge is 2.20. The van der Waals surface area contributed by atoms with E-state index in [2.05, 4.69) is 133 Å². The molecule has 10 rings (SSSR count). The minimum Gasteiger partial charge on any atom is -0.244 e. The van der Waals surface area contributed by atoms with Crippen molar-refractivity contribution in [2.75, 3.05) is 0 Å². The molecule has 7 aromatic carbocycles. The zero-order valence-corrected chi connectivity index (χ0v) is 26.3. The van der Waals surface area contributed by atoms with E-state index in [1.165, 1.54) is 66.8 Å². The SMILES string of the molecule is c1ccc2c(c1)Cc1cc(-c3ccc(-c4nc5ccccc5nc4-c4ccc(-c5ccc6c(c5)Cc5ccccc5-6)cc4)cc3)ccc1-2. The van der Waals surface area contributed by atoms with E-state index < -0.39 is 0 Å². The highest BCUT2D eigenvalue weighted by Crippen LogP contribution is 2.41. The lowest BCUT2D eigenvalue weighted by Crippen LogP contribution is -1.95. The lowest BCUT2D eigenvalue weighted by molar-refractivity contribution is 1.26. The Morgan fingerprint density at radius 1 is 0.292 bits per heavy atom. The Bertz CT molecular complexity index is 2360. The molecule has 224 valence electrons. The summed E-state index contributed by atoms with van der Waals surface area (Å²) in [7, 11) is 0. The summed E-state index contributed by atoms with van der Waals surface area (Å²) in [4.78, 5) is 10.3. The van der Waals surface area contributed by atoms with Crippen LogP contribution in [0.4, 0.5) is 0 Å². The zero-order valence-electron chi connectivity index (χ0n) is 26.3. The van der Waals surface area contributed by atoms with Crippen molar-refractivity contribution in [3.05, 3.63) is 180 Å². The second-order valence-electron chi connectivity index (χ2n) is 13.0. The van der Waals surface area contributed by atoms with Gasteiger partial charge in [-0.2, -0.15) is 0 Å². The van der Waals surface area contributed by atoms with Crippen LogP contribution < -0.4 is 0 Å². The van der Waals surface area contributed by atoms with Gasteiger partial charge < -0.3 is 0 Å². The summed E-state index contributed by atoms with van der Waals surface area (Å²) >= 11 is 0. The molecule has 2 aliphatic carbocycles. The molecule has 0 bridgehead atoms. The number of rotatable bonds is 4. The van der Waals surface area contributed by atoms with Crippen LogP contribution in [0, 0.1) is 0 Å². The Labute approximate surface area is 280 Å². The van der Waals surface area contributed by atoms with Crippen LogP contribution in [-0.2, 0) is 12.8 Å². The summed E-state index contributed by atoms with van der Waals surface area (Å²) < 4.78 is 0. The Hall–Kier alpha value is -6.12. The summed E-state index contributed by atoms with van der Waals surface area (Å²) in [5, 5.41) is 0. The van der Waals surface area contributed by atoms with Crippen LogP contribution in [0.1, 0.15) is 22.3 Å². The van der Waals surface area contributed by atoms with Crippen LogP contribution in [0.25, 0.3) is 78.1 Å². The smallest absolute Gasteiger partial charge is 0.0973 e. The van der Waals surface area contributed by atoms with Gasteiger partial charge in [-0.15, -0.1) is 0 Å². The van der Waals surface area contributed by atoms with Crippen molar-refractivity contribution in [1.29, 1.82) is 0 Å². The fraction of sp³-hybridized carbons (Fsp3) is 0.0435. The molecular weight excluding hydrogens is 581 g/mol. The minimum atomic E-state index is 0.896. The number of para-hydroxylation sites is 2. The first-order valence-electron chi connectivity index (χ1n) is 16.7. The van der Waals surface area contributed by atoms with Crippen molar-refractivity contribution in [2.45, 2.75) is 12.8 Å². The average molecular weight is 611 g/mol. The number of nitrogens with zero attached hydrogens (tertiary/aromatic N) is 2. The molecule has 1 aromatic heterocycles. The Kier molecular flexibility index (Phi) is 6.04. The molecule has 2 nitrogen and oxygen atoms in total. The largest absolute Gasteiger partial charge is 0.244 e. The van der Waals surface area contributed by atoms with Gasteiger partial charge in [-0.1, -0.05) is 146 Å². The van der Waals surface area contributed by atoms with E-state index in [1.54, 1.807) is 0 Å². The van der Waals surface area contributed by atoms with Crippen molar-refractivity contribution in [3.63, 3.8) is 0 Å². The lowest BCUT2D eigenvalue weighted by Gasteiger charge is -2.13. The van der Waals surface area contributed by atoms with Gasteiger partial charge in [-0.3, -0.25) is 0 Å². The molecule has 8 aromatic rings. The molecule has 0 fully saturated rings. The summed E-state index contributed by atoms with van der Waals surface area (Å²) in [6, 6.07) is 57.0. The molecular formula is C46H30N2. The second kappa shape index (κ2) is 10.7. The first-order chi connectivity index (χ1) is 23.7. The van der Waals surface area contributed by atoms with E-state index in [-0.39, 0.29) is 0 Å². The first-order valence-corrected chi connectivity index (χ1v) is 16.7. The molecule has 0 amide bonds. The van der Waals surface area contributed by atoms with E-state index in [0.29, 0.717) is 0 Å². The quantitative estimate of drug-likeness (QED) is 0.198. The van der Waals surface area contributed by atoms with E-state index in [4.69, 9.17) is 9.97 Å². The summed E-state index contributed by atoms with van der Waals surface area (Å²) in [6.07, 6.45) is 1.99. The van der Waals surface area contributed by atoms with Crippen molar-refractivity contribution >= 4 is 11.0 Å². The van der Waals surface area contributed by atoms with Gasteiger partial charge in [-0.05, 0) is 91.7 Å². The maximum Gasteiger partial charge on any atom is 0.0973 e. The van der Waals surface area contributed by atoms with Gasteiger partial charge in [0.05, 0.1) is 22.4 Å². The van der Waals surface area contributed by atoms with Gasteiger partial charge >= 0.3 is 0 Å². The van der Waals surface area contributed by atoms with Crippen LogP contribution in [0.3, 0.4) is 0 Å². The van der Waals surface area contributed by atoms with Crippen LogP contribution in [0.2, 0.25) is 0 Å². The minimum absolute atomic E-state index is 0.896. The molecule has 0 radical (unpaired) electrons. The molecule has 0 saturated heterocycles. The normalized spacial score (nSPS) is 12.4. The highest BCUT2D eigenvalue weighted by molar-refractivity contribution is 5.88. The van der Waals surface area contributed by atoms with Gasteiger partial charge in [0, 0.05) is 11.1 Å². The third kappa shape index (κ3) is 4.41. The Balaban J connectivity index is 0.990. The summed E-state index contributed by atoms with van der Waals surface area (Å²) in [5.74, 6) is 0. The van der Waals surface area contributed by atoms with Gasteiger partial charge in [-0.25, -0.2) is 9.97 Å². The molecule has 2 heteroatoms. The third-order valence-corrected chi connectivity index (χ3v) is 10.1.